The first kappa shape index (κ1) is 13.0. The molecule has 0 radical (unpaired) electrons. The van der Waals surface area contributed by atoms with Crippen molar-refractivity contribution in [2.75, 3.05) is 23.6 Å². The summed E-state index contributed by atoms with van der Waals surface area (Å²) >= 11 is 0. The van der Waals surface area contributed by atoms with E-state index < -0.39 is 0 Å². The van der Waals surface area contributed by atoms with Crippen molar-refractivity contribution in [2.45, 2.75) is 19.0 Å². The zero-order chi connectivity index (χ0) is 14.1. The molecule has 0 saturated heterocycles. The Bertz CT molecular complexity index is 585. The minimum absolute atomic E-state index is 0.0291. The molecule has 2 aromatic rings. The van der Waals surface area contributed by atoms with Crippen LogP contribution < -0.4 is 15.7 Å². The van der Waals surface area contributed by atoms with Gasteiger partial charge in [-0.15, -0.1) is 0 Å². The first-order valence-electron chi connectivity index (χ1n) is 6.58. The van der Waals surface area contributed by atoms with Crippen LogP contribution in [0.15, 0.2) is 35.2 Å². The highest BCUT2D eigenvalue weighted by Gasteiger charge is 2.21. The summed E-state index contributed by atoms with van der Waals surface area (Å²) in [7, 11) is 1.98. The molecule has 1 aliphatic rings. The van der Waals surface area contributed by atoms with Gasteiger partial charge in [-0.1, -0.05) is 17.3 Å². The van der Waals surface area contributed by atoms with Gasteiger partial charge >= 0.3 is 0 Å². The molecule has 1 aromatic carbocycles. The van der Waals surface area contributed by atoms with E-state index in [2.05, 4.69) is 16.1 Å². The van der Waals surface area contributed by atoms with Gasteiger partial charge < -0.3 is 15.2 Å². The van der Waals surface area contributed by atoms with E-state index in [4.69, 9.17) is 10.3 Å². The number of aromatic nitrogens is 1. The summed E-state index contributed by atoms with van der Waals surface area (Å²) in [4.78, 5) is 2.05. The maximum absolute atomic E-state index is 9.88. The van der Waals surface area contributed by atoms with Crippen molar-refractivity contribution in [3.63, 3.8) is 0 Å². The molecule has 0 saturated carbocycles. The molecule has 106 valence electrons. The van der Waals surface area contributed by atoms with Crippen LogP contribution in [0.3, 0.4) is 0 Å². The zero-order valence-electron chi connectivity index (χ0n) is 11.4. The number of rotatable bonds is 3. The van der Waals surface area contributed by atoms with E-state index in [1.807, 2.05) is 19.2 Å². The first-order chi connectivity index (χ1) is 9.63. The van der Waals surface area contributed by atoms with Crippen molar-refractivity contribution in [3.8, 4) is 0 Å². The van der Waals surface area contributed by atoms with E-state index in [1.165, 1.54) is 5.06 Å². The normalized spacial score (nSPS) is 17.9. The summed E-state index contributed by atoms with van der Waals surface area (Å²) < 4.78 is 4.84. The second-order valence-corrected chi connectivity index (χ2v) is 5.25. The van der Waals surface area contributed by atoms with Gasteiger partial charge in [0.25, 0.3) is 0 Å². The minimum atomic E-state index is -0.0291. The number of benzene rings is 1. The van der Waals surface area contributed by atoms with Crippen LogP contribution in [0.25, 0.3) is 0 Å². The van der Waals surface area contributed by atoms with Crippen LogP contribution in [0.2, 0.25) is 0 Å². The third-order valence-corrected chi connectivity index (χ3v) is 3.59. The van der Waals surface area contributed by atoms with Crippen LogP contribution in [-0.4, -0.2) is 30.0 Å². The average molecular weight is 274 g/mol. The third-order valence-electron chi connectivity index (χ3n) is 3.59. The molecule has 6 heteroatoms. The molecular formula is C14H18N4O2. The number of fused-ring (bicyclic) bond motifs is 1. The van der Waals surface area contributed by atoms with Gasteiger partial charge in [0, 0.05) is 19.6 Å². The molecule has 3 N–H and O–H groups in total. The van der Waals surface area contributed by atoms with E-state index in [9.17, 15) is 5.21 Å². The van der Waals surface area contributed by atoms with Crippen LogP contribution in [0.5, 0.6) is 0 Å². The zero-order valence-corrected chi connectivity index (χ0v) is 11.4. The molecule has 0 unspecified atom stereocenters. The summed E-state index contributed by atoms with van der Waals surface area (Å²) in [6.45, 7) is 1.22. The SMILES string of the molecule is CN(Cc1ccc2c(c1)C[C@H](N)CN2O)c1cnoc1. The largest absolute Gasteiger partial charge is 0.366 e. The number of nitrogens with zero attached hydrogens (tertiary/aromatic N) is 3. The Kier molecular flexibility index (Phi) is 3.33. The molecule has 0 fully saturated rings. The smallest absolute Gasteiger partial charge is 0.147 e. The minimum Gasteiger partial charge on any atom is -0.366 e. The molecule has 1 aromatic heterocycles. The molecule has 0 aliphatic carbocycles. The molecular weight excluding hydrogens is 256 g/mol. The van der Waals surface area contributed by atoms with Crippen LogP contribution in [0.4, 0.5) is 11.4 Å². The molecule has 1 atom stereocenters. The van der Waals surface area contributed by atoms with Gasteiger partial charge in [-0.25, -0.2) is 0 Å². The Morgan fingerprint density at radius 3 is 3.15 bits per heavy atom. The highest BCUT2D eigenvalue weighted by Crippen LogP contribution is 2.27. The Labute approximate surface area is 117 Å². The molecule has 1 aliphatic heterocycles. The van der Waals surface area contributed by atoms with Crippen molar-refractivity contribution < 1.29 is 9.73 Å². The standard InChI is InChI=1S/C14H18N4O2/c1-17(13-6-16-20-9-13)7-10-2-3-14-11(4-10)5-12(15)8-18(14)19/h2-4,6,9,12,19H,5,7-8,15H2,1H3/t12-/m0/s1. The summed E-state index contributed by atoms with van der Waals surface area (Å²) in [6.07, 6.45) is 4.09. The van der Waals surface area contributed by atoms with Gasteiger partial charge in [-0.3, -0.25) is 10.3 Å². The molecule has 0 spiro atoms. The van der Waals surface area contributed by atoms with Gasteiger partial charge in [0.05, 0.1) is 24.1 Å². The Morgan fingerprint density at radius 1 is 1.55 bits per heavy atom. The van der Waals surface area contributed by atoms with Crippen molar-refractivity contribution in [1.29, 1.82) is 0 Å². The highest BCUT2D eigenvalue weighted by atomic mass is 16.5. The quantitative estimate of drug-likeness (QED) is 0.880. The van der Waals surface area contributed by atoms with Crippen molar-refractivity contribution in [1.82, 2.24) is 5.16 Å². The molecule has 2 heterocycles. The fourth-order valence-electron chi connectivity index (χ4n) is 2.57. The van der Waals surface area contributed by atoms with Gasteiger partial charge in [0.2, 0.25) is 0 Å². The van der Waals surface area contributed by atoms with Gasteiger partial charge in [-0.2, -0.15) is 0 Å². The predicted octanol–water partition coefficient (Wildman–Crippen LogP) is 1.39. The van der Waals surface area contributed by atoms with Crippen molar-refractivity contribution in [2.24, 2.45) is 5.73 Å². The number of hydroxylamine groups is 1. The van der Waals surface area contributed by atoms with Crippen molar-refractivity contribution in [3.05, 3.63) is 41.8 Å². The predicted molar refractivity (Wildman–Crippen MR) is 75.9 cm³/mol. The average Bonchev–Trinajstić information content (AvgIpc) is 2.91. The maximum Gasteiger partial charge on any atom is 0.147 e. The second kappa shape index (κ2) is 5.15. The van der Waals surface area contributed by atoms with E-state index in [0.717, 1.165) is 35.5 Å². The number of hydrogen-bond donors (Lipinski definition) is 2. The Balaban J connectivity index is 1.80. The maximum atomic E-state index is 9.88. The lowest BCUT2D eigenvalue weighted by atomic mass is 9.97. The fourth-order valence-corrected chi connectivity index (χ4v) is 2.57. The third kappa shape index (κ3) is 2.48. The van der Waals surface area contributed by atoms with Crippen LogP contribution >= 0.6 is 0 Å². The Hall–Kier alpha value is -2.05. The summed E-state index contributed by atoms with van der Waals surface area (Å²) in [5.41, 5.74) is 9.97. The summed E-state index contributed by atoms with van der Waals surface area (Å²) in [5, 5.41) is 14.8. The molecule has 3 rings (SSSR count). The molecule has 20 heavy (non-hydrogen) atoms. The van der Waals surface area contributed by atoms with Crippen LogP contribution in [0.1, 0.15) is 11.1 Å². The topological polar surface area (TPSA) is 78.8 Å². The lowest BCUT2D eigenvalue weighted by Gasteiger charge is -2.30. The lowest BCUT2D eigenvalue weighted by molar-refractivity contribution is 0.238. The Morgan fingerprint density at radius 2 is 2.40 bits per heavy atom. The first-order valence-corrected chi connectivity index (χ1v) is 6.58. The highest BCUT2D eigenvalue weighted by molar-refractivity contribution is 5.56. The van der Waals surface area contributed by atoms with Gasteiger partial charge in [0.15, 0.2) is 0 Å². The monoisotopic (exact) mass is 274 g/mol. The van der Waals surface area contributed by atoms with Gasteiger partial charge in [-0.05, 0) is 23.6 Å². The number of nitrogens with two attached hydrogens (primary N) is 1. The summed E-state index contributed by atoms with van der Waals surface area (Å²) in [5.74, 6) is 0. The fraction of sp³-hybridized carbons (Fsp3) is 0.357. The molecule has 0 amide bonds. The molecule has 6 nitrogen and oxygen atoms in total. The molecule has 0 bridgehead atoms. The second-order valence-electron chi connectivity index (χ2n) is 5.25. The summed E-state index contributed by atoms with van der Waals surface area (Å²) in [6, 6.07) is 6.03. The number of anilines is 2. The number of hydrogen-bond acceptors (Lipinski definition) is 6. The van der Waals surface area contributed by atoms with E-state index >= 15 is 0 Å². The van der Waals surface area contributed by atoms with E-state index in [-0.39, 0.29) is 6.04 Å². The van der Waals surface area contributed by atoms with Crippen LogP contribution in [0, 0.1) is 0 Å². The van der Waals surface area contributed by atoms with Crippen LogP contribution in [-0.2, 0) is 13.0 Å². The van der Waals surface area contributed by atoms with E-state index in [0.29, 0.717) is 6.54 Å². The lowest BCUT2D eigenvalue weighted by Crippen LogP contribution is -2.41. The van der Waals surface area contributed by atoms with Gasteiger partial charge in [0.1, 0.15) is 6.26 Å². The van der Waals surface area contributed by atoms with Crippen molar-refractivity contribution >= 4 is 11.4 Å². The van der Waals surface area contributed by atoms with E-state index in [1.54, 1.807) is 12.5 Å².